The summed E-state index contributed by atoms with van der Waals surface area (Å²) in [5.41, 5.74) is 0.878. The standard InChI is InChI=1S/C14H17F3N2O3.Na/c15-14(16,17)22-12-3-1-11(2-4-12)9-18-5-7-19(8-6-18)10-13(20)21;/h1-4H,5-10H2,(H,20,21);/q;+1/p-1. The van der Waals surface area contributed by atoms with Gasteiger partial charge in [-0.15, -0.1) is 13.2 Å². The van der Waals surface area contributed by atoms with E-state index in [1.54, 1.807) is 17.0 Å². The fourth-order valence-corrected chi connectivity index (χ4v) is 2.34. The maximum atomic E-state index is 12.1. The summed E-state index contributed by atoms with van der Waals surface area (Å²) in [6, 6.07) is 5.76. The number of aliphatic carboxylic acids is 1. The Balaban J connectivity index is 0.00000264. The topological polar surface area (TPSA) is 55.8 Å². The van der Waals surface area contributed by atoms with Gasteiger partial charge in [0, 0.05) is 39.3 Å². The number of alkyl halides is 3. The number of piperazine rings is 1. The Kier molecular flexibility index (Phi) is 7.82. The zero-order valence-electron chi connectivity index (χ0n) is 12.8. The summed E-state index contributed by atoms with van der Waals surface area (Å²) in [4.78, 5) is 14.4. The van der Waals surface area contributed by atoms with Crippen LogP contribution in [0.3, 0.4) is 0 Å². The van der Waals surface area contributed by atoms with Crippen LogP contribution in [-0.4, -0.2) is 54.9 Å². The van der Waals surface area contributed by atoms with E-state index in [1.807, 2.05) is 0 Å². The Morgan fingerprint density at radius 1 is 1.09 bits per heavy atom. The minimum atomic E-state index is -4.68. The van der Waals surface area contributed by atoms with Gasteiger partial charge in [-0.3, -0.25) is 9.80 Å². The maximum absolute atomic E-state index is 12.1. The number of carbonyl (C=O) groups excluding carboxylic acids is 1. The van der Waals surface area contributed by atoms with Crippen LogP contribution >= 0.6 is 0 Å². The van der Waals surface area contributed by atoms with Crippen molar-refractivity contribution in [2.45, 2.75) is 12.9 Å². The van der Waals surface area contributed by atoms with Crippen LogP contribution in [0, 0.1) is 0 Å². The van der Waals surface area contributed by atoms with Gasteiger partial charge >= 0.3 is 35.9 Å². The van der Waals surface area contributed by atoms with Crippen molar-refractivity contribution in [3.63, 3.8) is 0 Å². The van der Waals surface area contributed by atoms with Gasteiger partial charge in [-0.1, -0.05) is 12.1 Å². The summed E-state index contributed by atoms with van der Waals surface area (Å²) in [7, 11) is 0. The third kappa shape index (κ3) is 7.54. The summed E-state index contributed by atoms with van der Waals surface area (Å²) >= 11 is 0. The number of nitrogens with zero attached hydrogens (tertiary/aromatic N) is 2. The molecule has 9 heteroatoms. The zero-order valence-corrected chi connectivity index (χ0v) is 14.8. The Hall–Kier alpha value is -0.800. The number of ether oxygens (including phenoxy) is 1. The monoisotopic (exact) mass is 340 g/mol. The van der Waals surface area contributed by atoms with Crippen molar-refractivity contribution in [3.05, 3.63) is 29.8 Å². The SMILES string of the molecule is O=C([O-])CN1CCN(Cc2ccc(OC(F)(F)F)cc2)CC1.[Na+]. The van der Waals surface area contributed by atoms with E-state index in [9.17, 15) is 23.1 Å². The zero-order chi connectivity index (χ0) is 16.2. The molecule has 1 aromatic carbocycles. The molecule has 23 heavy (non-hydrogen) atoms. The molecule has 122 valence electrons. The van der Waals surface area contributed by atoms with Crippen LogP contribution in [0.2, 0.25) is 0 Å². The van der Waals surface area contributed by atoms with Crippen molar-refractivity contribution in [2.75, 3.05) is 32.7 Å². The number of carboxylic acids is 1. The molecule has 0 saturated carbocycles. The third-order valence-corrected chi connectivity index (χ3v) is 3.38. The fraction of sp³-hybridized carbons (Fsp3) is 0.500. The average Bonchev–Trinajstić information content (AvgIpc) is 2.41. The molecule has 1 aliphatic rings. The summed E-state index contributed by atoms with van der Waals surface area (Å²) in [6.45, 7) is 3.19. The van der Waals surface area contributed by atoms with Crippen LogP contribution in [0.1, 0.15) is 5.56 Å². The van der Waals surface area contributed by atoms with Gasteiger partial charge < -0.3 is 14.6 Å². The molecule has 1 aliphatic heterocycles. The van der Waals surface area contributed by atoms with Gasteiger partial charge in [0.1, 0.15) is 5.75 Å². The van der Waals surface area contributed by atoms with Gasteiger partial charge in [0.25, 0.3) is 0 Å². The largest absolute Gasteiger partial charge is 1.00 e. The molecule has 1 fully saturated rings. The Morgan fingerprint density at radius 2 is 1.61 bits per heavy atom. The van der Waals surface area contributed by atoms with Crippen molar-refractivity contribution < 1.29 is 57.4 Å². The van der Waals surface area contributed by atoms with Crippen LogP contribution in [0.15, 0.2) is 24.3 Å². The number of carboxylic acid groups (broad SMARTS) is 1. The molecule has 1 saturated heterocycles. The molecule has 0 atom stereocenters. The van der Waals surface area contributed by atoms with E-state index in [0.29, 0.717) is 32.7 Å². The van der Waals surface area contributed by atoms with E-state index < -0.39 is 12.3 Å². The molecule has 0 aromatic heterocycles. The first-order valence-electron chi connectivity index (χ1n) is 6.81. The normalized spacial score (nSPS) is 16.7. The first kappa shape index (κ1) is 20.2. The number of hydrogen-bond donors (Lipinski definition) is 0. The van der Waals surface area contributed by atoms with E-state index in [4.69, 9.17) is 0 Å². The van der Waals surface area contributed by atoms with Crippen molar-refractivity contribution in [2.24, 2.45) is 0 Å². The first-order chi connectivity index (χ1) is 10.3. The summed E-state index contributed by atoms with van der Waals surface area (Å²) in [6.07, 6.45) is -4.68. The smallest absolute Gasteiger partial charge is 0.549 e. The van der Waals surface area contributed by atoms with Gasteiger partial charge in [0.05, 0.1) is 5.97 Å². The van der Waals surface area contributed by atoms with E-state index >= 15 is 0 Å². The second-order valence-electron chi connectivity index (χ2n) is 5.12. The van der Waals surface area contributed by atoms with Gasteiger partial charge in [-0.25, -0.2) is 0 Å². The van der Waals surface area contributed by atoms with Crippen LogP contribution in [0.25, 0.3) is 0 Å². The molecule has 0 aliphatic carbocycles. The van der Waals surface area contributed by atoms with Gasteiger partial charge in [0.2, 0.25) is 0 Å². The van der Waals surface area contributed by atoms with Gasteiger partial charge in [0.15, 0.2) is 0 Å². The Labute approximate surface area is 154 Å². The molecule has 0 unspecified atom stereocenters. The number of hydrogen-bond acceptors (Lipinski definition) is 5. The van der Waals surface area contributed by atoms with E-state index in [2.05, 4.69) is 9.64 Å². The minimum Gasteiger partial charge on any atom is -0.549 e. The first-order valence-corrected chi connectivity index (χ1v) is 6.81. The van der Waals surface area contributed by atoms with Gasteiger partial charge in [-0.2, -0.15) is 0 Å². The van der Waals surface area contributed by atoms with Crippen LogP contribution in [0.5, 0.6) is 5.75 Å². The van der Waals surface area contributed by atoms with Crippen LogP contribution in [0.4, 0.5) is 13.2 Å². The van der Waals surface area contributed by atoms with E-state index in [-0.39, 0.29) is 41.9 Å². The summed E-state index contributed by atoms with van der Waals surface area (Å²) in [5, 5.41) is 10.5. The van der Waals surface area contributed by atoms with Crippen LogP contribution in [-0.2, 0) is 11.3 Å². The predicted octanol–water partition coefficient (Wildman–Crippen LogP) is -2.54. The molecule has 0 N–H and O–H groups in total. The second-order valence-corrected chi connectivity index (χ2v) is 5.12. The van der Waals surface area contributed by atoms with E-state index in [1.165, 1.54) is 12.1 Å². The van der Waals surface area contributed by atoms with Crippen molar-refractivity contribution in [1.29, 1.82) is 0 Å². The summed E-state index contributed by atoms with van der Waals surface area (Å²) < 4.78 is 40.0. The molecule has 1 aromatic rings. The van der Waals surface area contributed by atoms with Crippen molar-refractivity contribution in [1.82, 2.24) is 9.80 Å². The molecular formula is C14H16F3N2NaO3. The molecule has 0 amide bonds. The number of carbonyl (C=O) groups is 1. The average molecular weight is 340 g/mol. The van der Waals surface area contributed by atoms with E-state index in [0.717, 1.165) is 5.56 Å². The molecule has 5 nitrogen and oxygen atoms in total. The Morgan fingerprint density at radius 3 is 2.09 bits per heavy atom. The number of halogens is 3. The Bertz CT molecular complexity index is 503. The minimum absolute atomic E-state index is 0. The molecule has 0 radical (unpaired) electrons. The quantitative estimate of drug-likeness (QED) is 0.553. The number of benzene rings is 1. The fourth-order valence-electron chi connectivity index (χ4n) is 2.34. The predicted molar refractivity (Wildman–Crippen MR) is 69.8 cm³/mol. The molecule has 0 bridgehead atoms. The van der Waals surface area contributed by atoms with Crippen molar-refractivity contribution in [3.8, 4) is 5.75 Å². The molecular weight excluding hydrogens is 324 g/mol. The van der Waals surface area contributed by atoms with Gasteiger partial charge in [-0.05, 0) is 17.7 Å². The molecule has 2 rings (SSSR count). The molecule has 1 heterocycles. The van der Waals surface area contributed by atoms with Crippen LogP contribution < -0.4 is 39.4 Å². The maximum Gasteiger partial charge on any atom is 1.00 e. The number of rotatable bonds is 5. The second kappa shape index (κ2) is 8.89. The third-order valence-electron chi connectivity index (χ3n) is 3.38. The molecule has 0 spiro atoms. The summed E-state index contributed by atoms with van der Waals surface area (Å²) in [5.74, 6) is -1.33. The van der Waals surface area contributed by atoms with Crippen molar-refractivity contribution >= 4 is 5.97 Å².